The molecule has 2 heteroatoms. The molecule has 10 heavy (non-hydrogen) atoms. The number of rotatable bonds is 4. The molecule has 0 aromatic carbocycles. The first kappa shape index (κ1) is 8.82. The van der Waals surface area contributed by atoms with Crippen molar-refractivity contribution >= 4 is 0 Å². The van der Waals surface area contributed by atoms with Gasteiger partial charge in [0.15, 0.2) is 0 Å². The molecule has 0 bridgehead atoms. The fourth-order valence-electron chi connectivity index (χ4n) is 0.382. The van der Waals surface area contributed by atoms with E-state index in [-0.39, 0.29) is 0 Å². The Morgan fingerprint density at radius 2 is 1.90 bits per heavy atom. The van der Waals surface area contributed by atoms with Gasteiger partial charge in [0, 0.05) is 11.4 Å². The highest BCUT2D eigenvalue weighted by molar-refractivity contribution is 5.23. The van der Waals surface area contributed by atoms with Crippen LogP contribution >= 0.6 is 0 Å². The summed E-state index contributed by atoms with van der Waals surface area (Å²) in [6.45, 7) is 12.9. The molecule has 0 aliphatic heterocycles. The Hall–Kier alpha value is -1.18. The molecule has 56 valence electrons. The van der Waals surface area contributed by atoms with Crippen molar-refractivity contribution < 1.29 is 0 Å². The van der Waals surface area contributed by atoms with Crippen molar-refractivity contribution in [1.82, 2.24) is 5.32 Å². The van der Waals surface area contributed by atoms with Gasteiger partial charge in [-0.1, -0.05) is 26.7 Å². The average Bonchev–Trinajstić information content (AvgIpc) is 1.87. The standard InChI is InChI=1S/C8H14N2/c1-5-6(2)10-8(4)7(3)9/h10H,2-5,9H2,1H3. The van der Waals surface area contributed by atoms with Crippen LogP contribution in [0.1, 0.15) is 13.3 Å². The first-order valence-electron chi connectivity index (χ1n) is 3.16. The maximum absolute atomic E-state index is 5.34. The molecule has 0 unspecified atom stereocenters. The van der Waals surface area contributed by atoms with Crippen LogP contribution in [-0.4, -0.2) is 0 Å². The fraction of sp³-hybridized carbons (Fsp3) is 0.250. The summed E-state index contributed by atoms with van der Waals surface area (Å²) < 4.78 is 0. The fourth-order valence-corrected chi connectivity index (χ4v) is 0.382. The summed E-state index contributed by atoms with van der Waals surface area (Å²) in [6.07, 6.45) is 0.867. The van der Waals surface area contributed by atoms with Gasteiger partial charge in [0.05, 0.1) is 5.70 Å². The lowest BCUT2D eigenvalue weighted by Crippen LogP contribution is -2.15. The van der Waals surface area contributed by atoms with E-state index in [1.54, 1.807) is 0 Å². The molecule has 0 aliphatic carbocycles. The van der Waals surface area contributed by atoms with E-state index in [2.05, 4.69) is 25.1 Å². The zero-order valence-electron chi connectivity index (χ0n) is 6.41. The van der Waals surface area contributed by atoms with Crippen molar-refractivity contribution in [2.45, 2.75) is 13.3 Å². The maximum atomic E-state index is 5.34. The van der Waals surface area contributed by atoms with Crippen LogP contribution in [-0.2, 0) is 0 Å². The number of allylic oxidation sites excluding steroid dienone is 1. The Balaban J connectivity index is 3.80. The molecule has 0 spiro atoms. The molecule has 0 aromatic heterocycles. The van der Waals surface area contributed by atoms with Gasteiger partial charge >= 0.3 is 0 Å². The van der Waals surface area contributed by atoms with Crippen molar-refractivity contribution in [3.63, 3.8) is 0 Å². The molecule has 3 N–H and O–H groups in total. The maximum Gasteiger partial charge on any atom is 0.0536 e. The average molecular weight is 138 g/mol. The Labute approximate surface area is 62.1 Å². The molecule has 0 rings (SSSR count). The largest absolute Gasteiger partial charge is 0.398 e. The lowest BCUT2D eigenvalue weighted by molar-refractivity contribution is 0.905. The molecule has 0 aliphatic rings. The van der Waals surface area contributed by atoms with E-state index in [0.717, 1.165) is 12.1 Å². The predicted octanol–water partition coefficient (Wildman–Crippen LogP) is 1.49. The summed E-state index contributed by atoms with van der Waals surface area (Å²) in [6, 6.07) is 0. The van der Waals surface area contributed by atoms with Gasteiger partial charge in [-0.25, -0.2) is 0 Å². The van der Waals surface area contributed by atoms with Crippen LogP contribution in [0.25, 0.3) is 0 Å². The third kappa shape index (κ3) is 2.97. The number of nitrogens with one attached hydrogen (secondary N) is 1. The van der Waals surface area contributed by atoms with Crippen LogP contribution in [0.5, 0.6) is 0 Å². The summed E-state index contributed by atoms with van der Waals surface area (Å²) in [4.78, 5) is 0. The van der Waals surface area contributed by atoms with E-state index < -0.39 is 0 Å². The molecule has 0 saturated carbocycles. The van der Waals surface area contributed by atoms with Gasteiger partial charge in [0.1, 0.15) is 0 Å². The van der Waals surface area contributed by atoms with Crippen LogP contribution < -0.4 is 11.1 Å². The van der Waals surface area contributed by atoms with E-state index >= 15 is 0 Å². The second kappa shape index (κ2) is 3.77. The van der Waals surface area contributed by atoms with Gasteiger partial charge < -0.3 is 11.1 Å². The van der Waals surface area contributed by atoms with E-state index in [0.29, 0.717) is 11.4 Å². The van der Waals surface area contributed by atoms with E-state index in [1.807, 2.05) is 6.92 Å². The van der Waals surface area contributed by atoms with Gasteiger partial charge in [-0.3, -0.25) is 0 Å². The third-order valence-electron chi connectivity index (χ3n) is 1.14. The molecular weight excluding hydrogens is 124 g/mol. The zero-order chi connectivity index (χ0) is 8.15. The van der Waals surface area contributed by atoms with Gasteiger partial charge in [-0.2, -0.15) is 0 Å². The summed E-state index contributed by atoms with van der Waals surface area (Å²) >= 11 is 0. The highest BCUT2D eigenvalue weighted by Gasteiger charge is 1.93. The van der Waals surface area contributed by atoms with Crippen LogP contribution in [0, 0.1) is 0 Å². The van der Waals surface area contributed by atoms with Crippen molar-refractivity contribution in [2.75, 3.05) is 0 Å². The molecule has 0 radical (unpaired) electrons. The molecule has 0 amide bonds. The van der Waals surface area contributed by atoms with Crippen LogP contribution in [0.3, 0.4) is 0 Å². The van der Waals surface area contributed by atoms with Crippen LogP contribution in [0.15, 0.2) is 36.8 Å². The minimum Gasteiger partial charge on any atom is -0.398 e. The second-order valence-corrected chi connectivity index (χ2v) is 2.09. The molecule has 0 atom stereocenters. The van der Waals surface area contributed by atoms with Crippen molar-refractivity contribution in [1.29, 1.82) is 0 Å². The van der Waals surface area contributed by atoms with E-state index in [4.69, 9.17) is 5.73 Å². The van der Waals surface area contributed by atoms with Crippen LogP contribution in [0.4, 0.5) is 0 Å². The number of hydrogen-bond acceptors (Lipinski definition) is 2. The molecule has 0 fully saturated rings. The minimum absolute atomic E-state index is 0.453. The third-order valence-corrected chi connectivity index (χ3v) is 1.14. The first-order chi connectivity index (χ1) is 4.57. The highest BCUT2D eigenvalue weighted by atomic mass is 14.9. The molecule has 0 heterocycles. The Kier molecular flexibility index (Phi) is 3.33. The first-order valence-corrected chi connectivity index (χ1v) is 3.16. The topological polar surface area (TPSA) is 38.0 Å². The minimum atomic E-state index is 0.453. The number of hydrogen-bond donors (Lipinski definition) is 2. The zero-order valence-corrected chi connectivity index (χ0v) is 6.41. The van der Waals surface area contributed by atoms with Gasteiger partial charge in [0.25, 0.3) is 0 Å². The van der Waals surface area contributed by atoms with E-state index in [1.165, 1.54) is 0 Å². The highest BCUT2D eigenvalue weighted by Crippen LogP contribution is 1.98. The predicted molar refractivity (Wildman–Crippen MR) is 45.0 cm³/mol. The Morgan fingerprint density at radius 3 is 2.20 bits per heavy atom. The van der Waals surface area contributed by atoms with E-state index in [9.17, 15) is 0 Å². The smallest absolute Gasteiger partial charge is 0.0536 e. The molecule has 0 saturated heterocycles. The quantitative estimate of drug-likeness (QED) is 0.577. The summed E-state index contributed by atoms with van der Waals surface area (Å²) in [7, 11) is 0. The Morgan fingerprint density at radius 1 is 1.40 bits per heavy atom. The summed E-state index contributed by atoms with van der Waals surface area (Å²) in [5, 5.41) is 2.92. The number of nitrogens with two attached hydrogens (primary N) is 1. The van der Waals surface area contributed by atoms with Crippen molar-refractivity contribution in [2.24, 2.45) is 5.73 Å². The van der Waals surface area contributed by atoms with Gasteiger partial charge in [-0.15, -0.1) is 0 Å². The normalized spacial score (nSPS) is 8.50. The van der Waals surface area contributed by atoms with Crippen molar-refractivity contribution in [3.05, 3.63) is 36.8 Å². The van der Waals surface area contributed by atoms with Gasteiger partial charge in [0.2, 0.25) is 0 Å². The monoisotopic (exact) mass is 138 g/mol. The van der Waals surface area contributed by atoms with Gasteiger partial charge in [-0.05, 0) is 6.42 Å². The SMILES string of the molecule is C=C(CC)NC(=C)C(=C)N. The summed E-state index contributed by atoms with van der Waals surface area (Å²) in [5.41, 5.74) is 7.33. The second-order valence-electron chi connectivity index (χ2n) is 2.09. The molecule has 2 nitrogen and oxygen atoms in total. The lowest BCUT2D eigenvalue weighted by Gasteiger charge is -2.08. The summed E-state index contributed by atoms with van der Waals surface area (Å²) in [5.74, 6) is 0. The molecular formula is C8H14N2. The lowest BCUT2D eigenvalue weighted by atomic mass is 10.3. The van der Waals surface area contributed by atoms with Crippen LogP contribution in [0.2, 0.25) is 0 Å². The Bertz CT molecular complexity index is 168. The van der Waals surface area contributed by atoms with Crippen molar-refractivity contribution in [3.8, 4) is 0 Å². The molecule has 0 aromatic rings.